The van der Waals surface area contributed by atoms with Gasteiger partial charge in [0, 0.05) is 25.9 Å². The number of hydrogen-bond donors (Lipinski definition) is 1. The molecule has 0 aromatic carbocycles. The predicted octanol–water partition coefficient (Wildman–Crippen LogP) is 1.30. The number of nitrogens with zero attached hydrogens (tertiary/aromatic N) is 6. The van der Waals surface area contributed by atoms with Crippen molar-refractivity contribution in [3.8, 4) is 11.5 Å². The molecule has 4 rings (SSSR count). The van der Waals surface area contributed by atoms with E-state index >= 15 is 0 Å². The number of hydrogen-bond acceptors (Lipinski definition) is 6. The molecule has 122 valence electrons. The van der Waals surface area contributed by atoms with Crippen LogP contribution in [0.1, 0.15) is 24.6 Å². The number of pyridine rings is 1. The van der Waals surface area contributed by atoms with E-state index in [2.05, 4.69) is 30.3 Å². The minimum absolute atomic E-state index is 0.0846. The van der Waals surface area contributed by atoms with Crippen LogP contribution in [-0.4, -0.2) is 36.5 Å². The quantitative estimate of drug-likeness (QED) is 0.781. The summed E-state index contributed by atoms with van der Waals surface area (Å²) >= 11 is 0. The maximum atomic E-state index is 11.2. The van der Waals surface area contributed by atoms with Crippen molar-refractivity contribution in [1.29, 1.82) is 0 Å². The van der Waals surface area contributed by atoms with Gasteiger partial charge in [-0.15, -0.1) is 10.2 Å². The van der Waals surface area contributed by atoms with Gasteiger partial charge in [-0.05, 0) is 31.0 Å². The third-order valence-corrected chi connectivity index (χ3v) is 4.30. The second-order valence-corrected chi connectivity index (χ2v) is 5.80. The van der Waals surface area contributed by atoms with Gasteiger partial charge in [0.2, 0.25) is 5.95 Å². The summed E-state index contributed by atoms with van der Waals surface area (Å²) in [4.78, 5) is 17.8. The fourth-order valence-corrected chi connectivity index (χ4v) is 3.14. The first-order chi connectivity index (χ1) is 11.7. The summed E-state index contributed by atoms with van der Waals surface area (Å²) in [5.41, 5.74) is 1.44. The SMILES string of the molecule is Cn1c(-c2ccccn2)nnc1N1CCCC1c1ccc(=O)[nH]n1. The van der Waals surface area contributed by atoms with E-state index in [-0.39, 0.29) is 11.6 Å². The molecule has 1 aliphatic rings. The molecule has 1 N–H and O–H groups in total. The molecule has 24 heavy (non-hydrogen) atoms. The van der Waals surface area contributed by atoms with E-state index in [0.717, 1.165) is 42.5 Å². The summed E-state index contributed by atoms with van der Waals surface area (Å²) in [5.74, 6) is 1.51. The van der Waals surface area contributed by atoms with Gasteiger partial charge in [0.1, 0.15) is 5.69 Å². The first-order valence-electron chi connectivity index (χ1n) is 7.87. The highest BCUT2D eigenvalue weighted by molar-refractivity contribution is 5.53. The van der Waals surface area contributed by atoms with Crippen molar-refractivity contribution >= 4 is 5.95 Å². The van der Waals surface area contributed by atoms with Crippen molar-refractivity contribution in [2.75, 3.05) is 11.4 Å². The first-order valence-corrected chi connectivity index (χ1v) is 7.87. The third kappa shape index (κ3) is 2.45. The molecule has 8 nitrogen and oxygen atoms in total. The van der Waals surface area contributed by atoms with Gasteiger partial charge in [0.15, 0.2) is 5.82 Å². The minimum atomic E-state index is -0.195. The van der Waals surface area contributed by atoms with Crippen LogP contribution in [0.4, 0.5) is 5.95 Å². The van der Waals surface area contributed by atoms with E-state index in [1.807, 2.05) is 29.8 Å². The molecule has 0 amide bonds. The molecule has 4 heterocycles. The summed E-state index contributed by atoms with van der Waals surface area (Å²) in [7, 11) is 1.94. The van der Waals surface area contributed by atoms with Crippen molar-refractivity contribution in [1.82, 2.24) is 29.9 Å². The van der Waals surface area contributed by atoms with Gasteiger partial charge in [-0.25, -0.2) is 5.10 Å². The summed E-state index contributed by atoms with van der Waals surface area (Å²) in [6.07, 6.45) is 3.74. The van der Waals surface area contributed by atoms with Crippen LogP contribution in [0.3, 0.4) is 0 Å². The highest BCUT2D eigenvalue weighted by atomic mass is 16.1. The summed E-state index contributed by atoms with van der Waals surface area (Å²) in [6.45, 7) is 0.875. The van der Waals surface area contributed by atoms with Crippen LogP contribution in [-0.2, 0) is 7.05 Å². The lowest BCUT2D eigenvalue weighted by atomic mass is 10.1. The van der Waals surface area contributed by atoms with Gasteiger partial charge in [0.25, 0.3) is 5.56 Å². The van der Waals surface area contributed by atoms with Crippen LogP contribution in [0.25, 0.3) is 11.5 Å². The average molecular weight is 323 g/mol. The molecule has 0 radical (unpaired) electrons. The molecule has 3 aromatic heterocycles. The molecule has 1 atom stereocenters. The maximum absolute atomic E-state index is 11.2. The van der Waals surface area contributed by atoms with E-state index in [4.69, 9.17) is 0 Å². The number of aromatic amines is 1. The van der Waals surface area contributed by atoms with Crippen molar-refractivity contribution in [2.24, 2.45) is 7.05 Å². The number of aromatic nitrogens is 6. The topological polar surface area (TPSA) is 92.6 Å². The highest BCUT2D eigenvalue weighted by Gasteiger charge is 2.31. The molecule has 0 bridgehead atoms. The molecule has 1 saturated heterocycles. The van der Waals surface area contributed by atoms with Crippen LogP contribution in [0.5, 0.6) is 0 Å². The fourth-order valence-electron chi connectivity index (χ4n) is 3.14. The van der Waals surface area contributed by atoms with E-state index in [0.29, 0.717) is 0 Å². The Morgan fingerprint density at radius 2 is 2.12 bits per heavy atom. The van der Waals surface area contributed by atoms with E-state index in [9.17, 15) is 4.79 Å². The number of H-pyrrole nitrogens is 1. The second-order valence-electron chi connectivity index (χ2n) is 5.80. The maximum Gasteiger partial charge on any atom is 0.264 e. The van der Waals surface area contributed by atoms with Crippen LogP contribution >= 0.6 is 0 Å². The van der Waals surface area contributed by atoms with Crippen LogP contribution in [0, 0.1) is 0 Å². The van der Waals surface area contributed by atoms with Gasteiger partial charge in [-0.1, -0.05) is 6.07 Å². The molecule has 1 unspecified atom stereocenters. The number of anilines is 1. The third-order valence-electron chi connectivity index (χ3n) is 4.30. The largest absolute Gasteiger partial charge is 0.332 e. The molecule has 0 aliphatic carbocycles. The molecule has 3 aromatic rings. The Bertz CT molecular complexity index is 882. The molecular formula is C16H17N7O. The van der Waals surface area contributed by atoms with Crippen LogP contribution in [0.2, 0.25) is 0 Å². The summed E-state index contributed by atoms with van der Waals surface area (Å²) < 4.78 is 1.95. The van der Waals surface area contributed by atoms with Gasteiger partial charge in [0.05, 0.1) is 11.7 Å². The van der Waals surface area contributed by atoms with E-state index in [1.54, 1.807) is 12.3 Å². The molecule has 1 aliphatic heterocycles. The monoisotopic (exact) mass is 323 g/mol. The van der Waals surface area contributed by atoms with Crippen molar-refractivity contribution in [2.45, 2.75) is 18.9 Å². The Labute approximate surface area is 138 Å². The van der Waals surface area contributed by atoms with Crippen molar-refractivity contribution in [3.63, 3.8) is 0 Å². The standard InChI is InChI=1S/C16H17N7O/c1-22-15(12-5-2-3-9-17-12)20-21-16(22)23-10-4-6-13(23)11-7-8-14(24)19-18-11/h2-3,5,7-9,13H,4,6,10H2,1H3,(H,19,24). The van der Waals surface area contributed by atoms with Gasteiger partial charge in [-0.3, -0.25) is 14.3 Å². The molecular weight excluding hydrogens is 306 g/mol. The number of nitrogens with one attached hydrogen (secondary N) is 1. The Morgan fingerprint density at radius 3 is 2.88 bits per heavy atom. The summed E-state index contributed by atoms with van der Waals surface area (Å²) in [6, 6.07) is 9.09. The van der Waals surface area contributed by atoms with Crippen molar-refractivity contribution < 1.29 is 0 Å². The minimum Gasteiger partial charge on any atom is -0.332 e. The molecule has 1 fully saturated rings. The van der Waals surface area contributed by atoms with Gasteiger partial charge < -0.3 is 4.90 Å². The highest BCUT2D eigenvalue weighted by Crippen LogP contribution is 2.34. The lowest BCUT2D eigenvalue weighted by molar-refractivity contribution is 0.651. The fraction of sp³-hybridized carbons (Fsp3) is 0.312. The van der Waals surface area contributed by atoms with Gasteiger partial charge >= 0.3 is 0 Å². The normalized spacial score (nSPS) is 17.4. The molecule has 0 spiro atoms. The Hall–Kier alpha value is -3.03. The van der Waals surface area contributed by atoms with E-state index < -0.39 is 0 Å². The van der Waals surface area contributed by atoms with Crippen LogP contribution in [0.15, 0.2) is 41.3 Å². The Morgan fingerprint density at radius 1 is 1.21 bits per heavy atom. The Kier molecular flexibility index (Phi) is 3.56. The average Bonchev–Trinajstić information content (AvgIpc) is 3.23. The van der Waals surface area contributed by atoms with Gasteiger partial charge in [-0.2, -0.15) is 5.10 Å². The zero-order valence-corrected chi connectivity index (χ0v) is 13.3. The zero-order chi connectivity index (χ0) is 16.5. The van der Waals surface area contributed by atoms with Crippen LogP contribution < -0.4 is 10.5 Å². The molecule has 8 heteroatoms. The first kappa shape index (κ1) is 14.6. The smallest absolute Gasteiger partial charge is 0.264 e. The Balaban J connectivity index is 1.69. The van der Waals surface area contributed by atoms with E-state index in [1.165, 1.54) is 6.07 Å². The lowest BCUT2D eigenvalue weighted by Gasteiger charge is -2.24. The van der Waals surface area contributed by atoms with Crippen molar-refractivity contribution in [3.05, 3.63) is 52.6 Å². The molecule has 0 saturated carbocycles. The lowest BCUT2D eigenvalue weighted by Crippen LogP contribution is -2.27. The predicted molar refractivity (Wildman–Crippen MR) is 88.4 cm³/mol. The number of rotatable bonds is 3. The zero-order valence-electron chi connectivity index (χ0n) is 13.3. The summed E-state index contributed by atoms with van der Waals surface area (Å²) in [5, 5.41) is 15.4. The second kappa shape index (κ2) is 5.88.